The Bertz CT molecular complexity index is 824. The van der Waals surface area contributed by atoms with Gasteiger partial charge >= 0.3 is 0 Å². The largest absolute Gasteiger partial charge is 0.308 e. The van der Waals surface area contributed by atoms with Crippen molar-refractivity contribution >= 4 is 43.7 Å². The number of hydrogen-bond donors (Lipinski definition) is 2. The first kappa shape index (κ1) is 19.0. The first-order valence-electron chi connectivity index (χ1n) is 7.18. The molecule has 0 saturated heterocycles. The zero-order chi connectivity index (χ0) is 17.9. The summed E-state index contributed by atoms with van der Waals surface area (Å²) in [4.78, 5) is 19.0. The third-order valence-corrected chi connectivity index (χ3v) is 7.29. The average molecular weight is 389 g/mol. The summed E-state index contributed by atoms with van der Waals surface area (Å²) >= 11 is 2.52. The average Bonchev–Trinajstić information content (AvgIpc) is 3.04. The molecule has 0 radical (unpaired) electrons. The number of nitrogens with zero attached hydrogens (tertiary/aromatic N) is 2. The quantitative estimate of drug-likeness (QED) is 0.757. The highest BCUT2D eigenvalue weighted by Gasteiger charge is 2.19. The molecule has 24 heavy (non-hydrogen) atoms. The summed E-state index contributed by atoms with van der Waals surface area (Å²) in [6.45, 7) is 4.24. The van der Waals surface area contributed by atoms with Crippen LogP contribution in [0.5, 0.6) is 0 Å². The summed E-state index contributed by atoms with van der Waals surface area (Å²) < 4.78 is 27.5. The van der Waals surface area contributed by atoms with E-state index in [-0.39, 0.29) is 10.1 Å². The number of hydrogen-bond acceptors (Lipinski definition) is 7. The van der Waals surface area contributed by atoms with Crippen molar-refractivity contribution in [3.8, 4) is 9.75 Å². The van der Waals surface area contributed by atoms with Gasteiger partial charge in [-0.2, -0.15) is 0 Å². The zero-order valence-corrected chi connectivity index (χ0v) is 16.4. The zero-order valence-electron chi connectivity index (χ0n) is 13.9. The third kappa shape index (κ3) is 4.84. The molecule has 0 bridgehead atoms. The SMILES string of the molecule is CC(=O)Nc1nc(C)c(-c2ccc(S(=O)(=O)NCCN(C)C)s2)s1. The van der Waals surface area contributed by atoms with Crippen molar-refractivity contribution in [3.63, 3.8) is 0 Å². The summed E-state index contributed by atoms with van der Waals surface area (Å²) in [7, 11) is 0.260. The van der Waals surface area contributed by atoms with E-state index in [9.17, 15) is 13.2 Å². The van der Waals surface area contributed by atoms with Gasteiger partial charge in [-0.3, -0.25) is 4.79 Å². The van der Waals surface area contributed by atoms with Gasteiger partial charge in [-0.05, 0) is 33.2 Å². The molecule has 1 amide bonds. The number of anilines is 1. The maximum Gasteiger partial charge on any atom is 0.250 e. The molecule has 0 aromatic carbocycles. The highest BCUT2D eigenvalue weighted by Crippen LogP contribution is 2.38. The Morgan fingerprint density at radius 2 is 2.00 bits per heavy atom. The summed E-state index contributed by atoms with van der Waals surface area (Å²) in [5.74, 6) is -0.185. The molecular weight excluding hydrogens is 368 g/mol. The molecule has 2 heterocycles. The standard InChI is InChI=1S/C14H20N4O3S3/c1-9-13(23-14(16-9)17-10(2)19)11-5-6-12(22-11)24(20,21)15-7-8-18(3)4/h5-6,15H,7-8H2,1-4H3,(H,16,17,19). The van der Waals surface area contributed by atoms with E-state index in [1.165, 1.54) is 29.6 Å². The van der Waals surface area contributed by atoms with E-state index < -0.39 is 10.0 Å². The molecule has 2 N–H and O–H groups in total. The van der Waals surface area contributed by atoms with Crippen molar-refractivity contribution in [2.75, 3.05) is 32.5 Å². The molecule has 132 valence electrons. The van der Waals surface area contributed by atoms with Crippen LogP contribution in [0.1, 0.15) is 12.6 Å². The number of thiazole rings is 1. The number of aryl methyl sites for hydroxylation is 1. The molecule has 0 unspecified atom stereocenters. The summed E-state index contributed by atoms with van der Waals surface area (Å²) in [6, 6.07) is 3.36. The number of amides is 1. The van der Waals surface area contributed by atoms with Gasteiger partial charge in [0.2, 0.25) is 15.9 Å². The van der Waals surface area contributed by atoms with Gasteiger partial charge < -0.3 is 10.2 Å². The molecule has 0 atom stereocenters. The van der Waals surface area contributed by atoms with Crippen LogP contribution in [-0.4, -0.2) is 51.4 Å². The maximum atomic E-state index is 12.3. The lowest BCUT2D eigenvalue weighted by molar-refractivity contribution is -0.114. The van der Waals surface area contributed by atoms with Crippen LogP contribution < -0.4 is 10.0 Å². The second-order valence-electron chi connectivity index (χ2n) is 5.43. The van der Waals surface area contributed by atoms with Crippen LogP contribution >= 0.6 is 22.7 Å². The van der Waals surface area contributed by atoms with Gasteiger partial charge in [0.05, 0.1) is 10.6 Å². The molecule has 0 fully saturated rings. The second-order valence-corrected chi connectivity index (χ2v) is 9.51. The van der Waals surface area contributed by atoms with Crippen molar-refractivity contribution in [3.05, 3.63) is 17.8 Å². The van der Waals surface area contributed by atoms with Gasteiger partial charge in [-0.15, -0.1) is 11.3 Å². The lowest BCUT2D eigenvalue weighted by Gasteiger charge is -2.09. The minimum Gasteiger partial charge on any atom is -0.308 e. The Hall–Kier alpha value is -1.33. The predicted molar refractivity (Wildman–Crippen MR) is 98.2 cm³/mol. The molecule has 2 rings (SSSR count). The van der Waals surface area contributed by atoms with Crippen molar-refractivity contribution in [1.82, 2.24) is 14.6 Å². The van der Waals surface area contributed by atoms with Crippen LogP contribution in [0.15, 0.2) is 16.3 Å². The minimum atomic E-state index is -3.51. The Morgan fingerprint density at radius 1 is 1.29 bits per heavy atom. The number of nitrogens with one attached hydrogen (secondary N) is 2. The van der Waals surface area contributed by atoms with E-state index >= 15 is 0 Å². The fourth-order valence-corrected chi connectivity index (χ4v) is 5.44. The van der Waals surface area contributed by atoms with Gasteiger partial charge in [0.1, 0.15) is 4.21 Å². The summed E-state index contributed by atoms with van der Waals surface area (Å²) in [5, 5.41) is 3.16. The molecule has 0 aliphatic heterocycles. The first-order valence-corrected chi connectivity index (χ1v) is 10.3. The normalized spacial score (nSPS) is 11.9. The van der Waals surface area contributed by atoms with E-state index in [1.54, 1.807) is 12.1 Å². The van der Waals surface area contributed by atoms with Gasteiger partial charge in [0, 0.05) is 24.9 Å². The van der Waals surface area contributed by atoms with E-state index in [0.717, 1.165) is 15.4 Å². The van der Waals surface area contributed by atoms with Crippen LogP contribution in [-0.2, 0) is 14.8 Å². The molecule has 0 saturated carbocycles. The van der Waals surface area contributed by atoms with Crippen LogP contribution in [0.25, 0.3) is 9.75 Å². The molecule has 2 aromatic heterocycles. The smallest absolute Gasteiger partial charge is 0.250 e. The molecule has 2 aromatic rings. The van der Waals surface area contributed by atoms with Crippen LogP contribution in [0, 0.1) is 6.92 Å². The Labute approximate surface area is 149 Å². The number of carbonyl (C=O) groups is 1. The molecule has 10 heteroatoms. The Kier molecular flexibility index (Phi) is 6.10. The Morgan fingerprint density at radius 3 is 2.62 bits per heavy atom. The van der Waals surface area contributed by atoms with Gasteiger partial charge in [0.15, 0.2) is 5.13 Å². The number of carbonyl (C=O) groups excluding carboxylic acids is 1. The van der Waals surface area contributed by atoms with Crippen LogP contribution in [0.2, 0.25) is 0 Å². The first-order chi connectivity index (χ1) is 11.2. The van der Waals surface area contributed by atoms with E-state index in [1.807, 2.05) is 25.9 Å². The third-order valence-electron chi connectivity index (χ3n) is 3.00. The fourth-order valence-electron chi connectivity index (χ4n) is 1.89. The molecule has 0 aliphatic carbocycles. The van der Waals surface area contributed by atoms with Crippen LogP contribution in [0.3, 0.4) is 0 Å². The topological polar surface area (TPSA) is 91.4 Å². The summed E-state index contributed by atoms with van der Waals surface area (Å²) in [5.41, 5.74) is 0.759. The number of aromatic nitrogens is 1. The summed E-state index contributed by atoms with van der Waals surface area (Å²) in [6.07, 6.45) is 0. The minimum absolute atomic E-state index is 0.185. The molecule has 0 aliphatic rings. The van der Waals surface area contributed by atoms with Gasteiger partial charge in [0.25, 0.3) is 0 Å². The van der Waals surface area contributed by atoms with E-state index in [2.05, 4.69) is 15.0 Å². The monoisotopic (exact) mass is 388 g/mol. The van der Waals surface area contributed by atoms with Crippen molar-refractivity contribution in [2.24, 2.45) is 0 Å². The van der Waals surface area contributed by atoms with Crippen molar-refractivity contribution in [2.45, 2.75) is 18.1 Å². The molecule has 7 nitrogen and oxygen atoms in total. The van der Waals surface area contributed by atoms with Crippen LogP contribution in [0.4, 0.5) is 5.13 Å². The van der Waals surface area contributed by atoms with E-state index in [0.29, 0.717) is 18.2 Å². The van der Waals surface area contributed by atoms with Gasteiger partial charge in [-0.1, -0.05) is 11.3 Å². The number of thiophene rings is 1. The maximum absolute atomic E-state index is 12.3. The lowest BCUT2D eigenvalue weighted by Crippen LogP contribution is -2.30. The van der Waals surface area contributed by atoms with Crippen molar-refractivity contribution < 1.29 is 13.2 Å². The number of sulfonamides is 1. The van der Waals surface area contributed by atoms with Gasteiger partial charge in [-0.25, -0.2) is 18.1 Å². The predicted octanol–water partition coefficient (Wildman–Crippen LogP) is 1.98. The second kappa shape index (κ2) is 7.70. The number of likely N-dealkylation sites (N-methyl/N-ethyl adjacent to an activating group) is 1. The Balaban J connectivity index is 2.18. The highest BCUT2D eigenvalue weighted by atomic mass is 32.2. The van der Waals surface area contributed by atoms with Crippen molar-refractivity contribution in [1.29, 1.82) is 0 Å². The number of rotatable bonds is 7. The molecule has 0 spiro atoms. The lowest BCUT2D eigenvalue weighted by atomic mass is 10.3. The fraction of sp³-hybridized carbons (Fsp3) is 0.429. The molecular formula is C14H20N4O3S3. The van der Waals surface area contributed by atoms with E-state index in [4.69, 9.17) is 0 Å². The highest BCUT2D eigenvalue weighted by molar-refractivity contribution is 7.91.